The van der Waals surface area contributed by atoms with Crippen molar-refractivity contribution >= 4 is 103 Å². The zero-order chi connectivity index (χ0) is 90.2. The highest BCUT2D eigenvalue weighted by Crippen LogP contribution is 2.39. The Labute approximate surface area is 720 Å². The van der Waals surface area contributed by atoms with Crippen LogP contribution in [0.25, 0.3) is 22.0 Å². The molecule has 0 aliphatic carbocycles. The second-order valence-electron chi connectivity index (χ2n) is 28.1. The average molecular weight is 1770 g/mol. The zero-order valence-corrected chi connectivity index (χ0v) is 71.0. The summed E-state index contributed by atoms with van der Waals surface area (Å²) >= 11 is 0. The van der Waals surface area contributed by atoms with E-state index >= 15 is 0 Å². The number of anilines is 5. The van der Waals surface area contributed by atoms with Gasteiger partial charge in [0.05, 0.1) is 122 Å². The second kappa shape index (κ2) is 46.9. The molecule has 0 aliphatic heterocycles. The summed E-state index contributed by atoms with van der Waals surface area (Å²) < 4.78 is 118. The van der Waals surface area contributed by atoms with E-state index in [0.717, 1.165) is 18.4 Å². The minimum absolute atomic E-state index is 0.00226. The summed E-state index contributed by atoms with van der Waals surface area (Å²) in [4.78, 5) is 145. The molecule has 0 aliphatic rings. The number of fused-ring (bicyclic) bond motifs is 1. The lowest BCUT2D eigenvalue weighted by molar-refractivity contribution is -0.121. The van der Waals surface area contributed by atoms with E-state index in [-0.39, 0.29) is 161 Å². The number of halogens is 2. The van der Waals surface area contributed by atoms with Gasteiger partial charge in [0.25, 0.3) is 41.0 Å². The molecule has 41 nitrogen and oxygen atoms in total. The van der Waals surface area contributed by atoms with Gasteiger partial charge < -0.3 is 128 Å². The van der Waals surface area contributed by atoms with Crippen molar-refractivity contribution in [2.45, 2.75) is 24.2 Å². The number of hydrogen-bond donors (Lipinski definition) is 10. The van der Waals surface area contributed by atoms with Gasteiger partial charge in [0.15, 0.2) is 38.9 Å². The van der Waals surface area contributed by atoms with E-state index in [1.807, 2.05) is 0 Å². The number of H-pyrrole nitrogens is 1. The van der Waals surface area contributed by atoms with Crippen LogP contribution in [-0.4, -0.2) is 254 Å². The highest BCUT2D eigenvalue weighted by Gasteiger charge is 2.26. The Morgan fingerprint density at radius 1 is 0.421 bits per heavy atom. The van der Waals surface area contributed by atoms with E-state index in [1.54, 1.807) is 76.5 Å². The molecule has 0 bridgehead atoms. The minimum atomic E-state index is -3.76. The Hall–Kier alpha value is -13.3. The zero-order valence-electron chi connectivity index (χ0n) is 70.2. The van der Waals surface area contributed by atoms with Gasteiger partial charge in [-0.2, -0.15) is 0 Å². The van der Waals surface area contributed by atoms with Gasteiger partial charge in [-0.3, -0.25) is 47.9 Å². The van der Waals surface area contributed by atoms with Crippen molar-refractivity contribution in [2.75, 3.05) is 171 Å². The van der Waals surface area contributed by atoms with Gasteiger partial charge in [0.1, 0.15) is 46.5 Å². The van der Waals surface area contributed by atoms with Gasteiger partial charge in [0, 0.05) is 166 Å². The first-order valence-electron chi connectivity index (χ1n) is 39.6. The Morgan fingerprint density at radius 3 is 1.39 bits per heavy atom. The van der Waals surface area contributed by atoms with E-state index in [1.165, 1.54) is 97.3 Å². The van der Waals surface area contributed by atoms with Crippen molar-refractivity contribution in [3.05, 3.63) is 179 Å². The van der Waals surface area contributed by atoms with Gasteiger partial charge >= 0.3 is 0 Å². The molecule has 0 atom stereocenters. The van der Waals surface area contributed by atoms with Crippen molar-refractivity contribution in [1.29, 1.82) is 0 Å². The number of aromatic nitrogens is 10. The van der Waals surface area contributed by atoms with Crippen molar-refractivity contribution in [2.24, 2.45) is 42.3 Å². The number of nitrogens with zero attached hydrogens (tertiary/aromatic N) is 9. The lowest BCUT2D eigenvalue weighted by Crippen LogP contribution is -2.33. The van der Waals surface area contributed by atoms with Crippen LogP contribution >= 0.6 is 0 Å². The molecule has 0 saturated heterocycles. The summed E-state index contributed by atoms with van der Waals surface area (Å²) in [6.45, 7) is 5.92. The largest absolute Gasteiger partial charge is 0.491 e. The van der Waals surface area contributed by atoms with Crippen LogP contribution in [0.3, 0.4) is 0 Å². The van der Waals surface area contributed by atoms with Crippen molar-refractivity contribution in [3.63, 3.8) is 0 Å². The topological polar surface area (TPSA) is 489 Å². The van der Waals surface area contributed by atoms with Crippen LogP contribution in [-0.2, 0) is 104 Å². The Bertz CT molecular complexity index is 5640. The summed E-state index contributed by atoms with van der Waals surface area (Å²) in [5.74, 6) is -5.98. The third-order valence-electron chi connectivity index (χ3n) is 18.4. The molecular weight excluding hydrogens is 1670 g/mol. The van der Waals surface area contributed by atoms with E-state index in [0.29, 0.717) is 116 Å². The molecule has 10 aromatic rings. The van der Waals surface area contributed by atoms with Crippen LogP contribution in [0.4, 0.5) is 37.5 Å². The number of sulfone groups is 1. The highest BCUT2D eigenvalue weighted by atomic mass is 32.2. The number of nitrogens with one attached hydrogen (secondary N) is 10. The summed E-state index contributed by atoms with van der Waals surface area (Å²) in [7, 11) is 5.73. The normalized spacial score (nSPS) is 11.3. The van der Waals surface area contributed by atoms with Crippen molar-refractivity contribution < 1.29 is 108 Å². The molecule has 9 amide bonds. The molecule has 0 spiro atoms. The van der Waals surface area contributed by atoms with Crippen molar-refractivity contribution in [3.8, 4) is 28.4 Å². The molecule has 7 aromatic heterocycles. The summed E-state index contributed by atoms with van der Waals surface area (Å²) in [6, 6.07) is 17.6. The predicted octanol–water partition coefficient (Wildman–Crippen LogP) is 4.61. The smallest absolute Gasteiger partial charge is 0.291 e. The molecule has 10 N–H and O–H groups in total. The molecule has 0 unspecified atom stereocenters. The lowest BCUT2D eigenvalue weighted by Gasteiger charge is -2.15. The lowest BCUT2D eigenvalue weighted by atomic mass is 10.0. The molecule has 0 radical (unpaired) electrons. The fraction of sp³-hybridized carbons (Fsp3) is 0.378. The Kier molecular flexibility index (Phi) is 35.4. The number of rotatable bonds is 52. The first-order valence-corrected chi connectivity index (χ1v) is 41.5. The van der Waals surface area contributed by atoms with Crippen LogP contribution in [0.5, 0.6) is 17.2 Å². The minimum Gasteiger partial charge on any atom is -0.491 e. The number of amides is 9. The number of aryl methyl sites for hydroxylation is 6. The highest BCUT2D eigenvalue weighted by molar-refractivity contribution is 7.90. The van der Waals surface area contributed by atoms with Gasteiger partial charge in [-0.1, -0.05) is 0 Å². The SMILES string of the molecule is Cn1cc(NC(=O)c2nc(NC(=O)CCNC(=O)c3cc(NC(=O)c4nccn4C)cn3C)cn2C)cc1C(=O)NCCC(=O)Nc1cn(C)c(C(=O)NCCC(=O)NCCOCCOCCOCCOCCOCCOCCOCCOCCOc2ccc(NC(=O)c3cc4c(-c5cc(S(C)(=O)=O)ccc5Oc5ccc(F)cc5F)cn(C)c(=O)c4[nH]3)cc2)n1. The first-order chi connectivity index (χ1) is 60.5. The fourth-order valence-electron chi connectivity index (χ4n) is 12.1. The van der Waals surface area contributed by atoms with Crippen LogP contribution in [0.2, 0.25) is 0 Å². The van der Waals surface area contributed by atoms with E-state index in [4.69, 9.17) is 47.4 Å². The number of hydrogen-bond acceptors (Lipinski definition) is 25. The van der Waals surface area contributed by atoms with Crippen LogP contribution in [0.1, 0.15) is 82.6 Å². The van der Waals surface area contributed by atoms with Gasteiger partial charge in [-0.15, -0.1) is 0 Å². The molecule has 44 heteroatoms. The molecular formula is C82H99F2N19O22S. The maximum atomic E-state index is 14.7. The second-order valence-corrected chi connectivity index (χ2v) is 30.1. The molecule has 10 rings (SSSR count). The average Bonchev–Trinajstić information content (AvgIpc) is 1.57. The van der Waals surface area contributed by atoms with Crippen LogP contribution in [0.15, 0.2) is 132 Å². The van der Waals surface area contributed by atoms with Crippen molar-refractivity contribution in [1.82, 2.24) is 68.6 Å². The number of carbonyl (C=O) groups excluding carboxylic acids is 9. The molecule has 3 aromatic carbocycles. The predicted molar refractivity (Wildman–Crippen MR) is 452 cm³/mol. The maximum Gasteiger partial charge on any atom is 0.291 e. The van der Waals surface area contributed by atoms with E-state index in [2.05, 4.69) is 67.8 Å². The third-order valence-corrected chi connectivity index (χ3v) is 19.5. The summed E-state index contributed by atoms with van der Waals surface area (Å²) in [5.41, 5.74) is 1.43. The number of pyridine rings is 1. The standard InChI is InChI=1S/C82H99F2N19O22S/c1-98-24-22-86-73(98)80(111)91-54-43-63(99(2)47-54)77(108)87-21-18-71(106)95-68-51-102(5)75(97-68)81(112)92-55-44-64(100(3)48-55)78(109)88-20-17-70(105)94-67-50-101(4)74(96-67)79(110)89-19-16-69(104)85-23-25-116-26-27-117-28-29-118-30-31-119-32-33-120-34-35-121-36-37-122-38-39-123-40-41-124-56-11-9-53(10-12-56)90-76(107)62-46-59-60(49-103(6)82(113)72(59)93-62)58-45-57(126(7,114)115)13-15-65(58)125-66-14-8-52(83)42-61(66)84/h8-15,22,24,42-51,93H,16-21,23,25-41H2,1-7H3,(H,85,104)(H,87,108)(H,88,109)(H,89,110)(H,90,107)(H,91,111)(H,92,112)(H,94,105)(H,95,106). The van der Waals surface area contributed by atoms with E-state index in [9.17, 15) is 65.1 Å². The Balaban J connectivity index is 0.473. The first kappa shape index (κ1) is 94.9. The number of imidazole rings is 3. The maximum absolute atomic E-state index is 14.7. The summed E-state index contributed by atoms with van der Waals surface area (Å²) in [5, 5.41) is 24.3. The number of aromatic amines is 1. The summed E-state index contributed by atoms with van der Waals surface area (Å²) in [6.07, 6.45) is 11.2. The molecule has 0 fully saturated rings. The molecule has 0 saturated carbocycles. The van der Waals surface area contributed by atoms with Crippen LogP contribution < -0.4 is 62.9 Å². The molecule has 7 heterocycles. The third kappa shape index (κ3) is 28.6. The quantitative estimate of drug-likeness (QED) is 0.0233. The number of ether oxygens (including phenoxy) is 10. The number of carbonyl (C=O) groups is 9. The fourth-order valence-corrected chi connectivity index (χ4v) is 12.8. The van der Waals surface area contributed by atoms with Gasteiger partial charge in [-0.05, 0) is 72.8 Å². The van der Waals surface area contributed by atoms with Crippen LogP contribution in [0, 0.1) is 11.6 Å². The molecule has 674 valence electrons. The van der Waals surface area contributed by atoms with Gasteiger partial charge in [-0.25, -0.2) is 32.2 Å². The molecule has 126 heavy (non-hydrogen) atoms. The number of benzene rings is 3. The van der Waals surface area contributed by atoms with E-state index < -0.39 is 74.3 Å². The monoisotopic (exact) mass is 1770 g/mol. The van der Waals surface area contributed by atoms with Gasteiger partial charge in [0.2, 0.25) is 29.4 Å². The Morgan fingerprint density at radius 2 is 0.889 bits per heavy atom.